The standard InChI is InChI=1S/C15H19N5O3/c1-9-8-19(14(16)18-9)17-7-10-5-11(15(2,3)4)6-12(13(10)21)20(22)23/h5-8,21H,1-4H3,(H2,16,18). The van der Waals surface area contributed by atoms with Gasteiger partial charge < -0.3 is 10.8 Å². The molecule has 0 radical (unpaired) electrons. The maximum absolute atomic E-state index is 11.2. The quantitative estimate of drug-likeness (QED) is 0.512. The number of anilines is 1. The van der Waals surface area contributed by atoms with E-state index in [1.54, 1.807) is 19.2 Å². The van der Waals surface area contributed by atoms with Crippen molar-refractivity contribution in [3.8, 4) is 5.75 Å². The molecule has 0 fully saturated rings. The number of nitro groups is 1. The number of nitrogens with two attached hydrogens (primary N) is 1. The van der Waals surface area contributed by atoms with E-state index in [1.165, 1.54) is 17.0 Å². The second-order valence-electron chi connectivity index (χ2n) is 6.27. The van der Waals surface area contributed by atoms with Gasteiger partial charge in [-0.3, -0.25) is 10.1 Å². The molecule has 8 nitrogen and oxygen atoms in total. The van der Waals surface area contributed by atoms with Crippen molar-refractivity contribution in [1.29, 1.82) is 0 Å². The number of nitrogen functional groups attached to an aromatic ring is 1. The first kappa shape index (κ1) is 16.5. The molecule has 2 rings (SSSR count). The van der Waals surface area contributed by atoms with Crippen LogP contribution in [0.5, 0.6) is 5.75 Å². The Morgan fingerprint density at radius 3 is 2.57 bits per heavy atom. The Bertz CT molecular complexity index is 787. The van der Waals surface area contributed by atoms with Crippen molar-refractivity contribution in [2.75, 3.05) is 5.73 Å². The fourth-order valence-corrected chi connectivity index (χ4v) is 2.03. The molecule has 122 valence electrons. The fraction of sp³-hybridized carbons (Fsp3) is 0.333. The van der Waals surface area contributed by atoms with Gasteiger partial charge in [0.05, 0.1) is 23.0 Å². The van der Waals surface area contributed by atoms with Gasteiger partial charge in [0.1, 0.15) is 0 Å². The molecule has 0 unspecified atom stereocenters. The second-order valence-corrected chi connectivity index (χ2v) is 6.27. The maximum Gasteiger partial charge on any atom is 0.311 e. The van der Waals surface area contributed by atoms with Crippen LogP contribution >= 0.6 is 0 Å². The Morgan fingerprint density at radius 1 is 1.43 bits per heavy atom. The summed E-state index contributed by atoms with van der Waals surface area (Å²) in [5, 5.41) is 25.4. The minimum atomic E-state index is -0.613. The van der Waals surface area contributed by atoms with Crippen molar-refractivity contribution in [2.24, 2.45) is 5.10 Å². The molecule has 0 aliphatic carbocycles. The third-order valence-corrected chi connectivity index (χ3v) is 3.34. The lowest BCUT2D eigenvalue weighted by Crippen LogP contribution is -2.12. The van der Waals surface area contributed by atoms with Crippen molar-refractivity contribution >= 4 is 17.9 Å². The van der Waals surface area contributed by atoms with Crippen LogP contribution in [0.1, 0.15) is 37.6 Å². The SMILES string of the molecule is Cc1cn(N=Cc2cc(C(C)(C)C)cc([N+](=O)[O-])c2O)c(N)n1. The lowest BCUT2D eigenvalue weighted by atomic mass is 9.85. The van der Waals surface area contributed by atoms with E-state index >= 15 is 0 Å². The normalized spacial score (nSPS) is 12.0. The van der Waals surface area contributed by atoms with Gasteiger partial charge in [-0.25, -0.2) is 9.66 Å². The van der Waals surface area contributed by atoms with E-state index in [1.807, 2.05) is 20.8 Å². The summed E-state index contributed by atoms with van der Waals surface area (Å²) >= 11 is 0. The predicted octanol–water partition coefficient (Wildman–Crippen LogP) is 2.57. The molecule has 0 spiro atoms. The van der Waals surface area contributed by atoms with Crippen molar-refractivity contribution in [1.82, 2.24) is 9.66 Å². The number of rotatable bonds is 3. The van der Waals surface area contributed by atoms with Crippen LogP contribution in [0.3, 0.4) is 0 Å². The monoisotopic (exact) mass is 317 g/mol. The molecule has 8 heteroatoms. The number of benzene rings is 1. The third-order valence-electron chi connectivity index (χ3n) is 3.34. The van der Waals surface area contributed by atoms with Gasteiger partial charge in [-0.15, -0.1) is 0 Å². The smallest absolute Gasteiger partial charge is 0.311 e. The van der Waals surface area contributed by atoms with Crippen molar-refractivity contribution in [3.63, 3.8) is 0 Å². The number of aromatic nitrogens is 2. The molecule has 23 heavy (non-hydrogen) atoms. The second kappa shape index (κ2) is 5.71. The molecule has 0 bridgehead atoms. The first-order valence-electron chi connectivity index (χ1n) is 6.97. The van der Waals surface area contributed by atoms with Crippen molar-refractivity contribution in [2.45, 2.75) is 33.1 Å². The van der Waals surface area contributed by atoms with Gasteiger partial charge in [0, 0.05) is 11.6 Å². The van der Waals surface area contributed by atoms with Gasteiger partial charge in [0.25, 0.3) is 0 Å². The molecule has 0 saturated heterocycles. The molecule has 1 aromatic carbocycles. The number of imidazole rings is 1. The Kier molecular flexibility index (Phi) is 4.09. The Hall–Kier alpha value is -2.90. The molecule has 3 N–H and O–H groups in total. The number of nitrogens with zero attached hydrogens (tertiary/aromatic N) is 4. The van der Waals surface area contributed by atoms with Crippen LogP contribution < -0.4 is 5.73 Å². The lowest BCUT2D eigenvalue weighted by Gasteiger charge is -2.19. The van der Waals surface area contributed by atoms with Gasteiger partial charge in [0.2, 0.25) is 11.7 Å². The van der Waals surface area contributed by atoms with Gasteiger partial charge in [-0.2, -0.15) is 5.10 Å². The number of hydrogen-bond acceptors (Lipinski definition) is 6. The zero-order valence-corrected chi connectivity index (χ0v) is 13.4. The summed E-state index contributed by atoms with van der Waals surface area (Å²) < 4.78 is 1.34. The Morgan fingerprint density at radius 2 is 2.09 bits per heavy atom. The number of nitro benzene ring substituents is 1. The van der Waals surface area contributed by atoms with E-state index in [4.69, 9.17) is 5.73 Å². The highest BCUT2D eigenvalue weighted by Gasteiger charge is 2.23. The van der Waals surface area contributed by atoms with Gasteiger partial charge >= 0.3 is 5.69 Å². The van der Waals surface area contributed by atoms with Crippen LogP contribution in [0.25, 0.3) is 0 Å². The molecule has 1 heterocycles. The number of aromatic hydroxyl groups is 1. The predicted molar refractivity (Wildman–Crippen MR) is 87.8 cm³/mol. The summed E-state index contributed by atoms with van der Waals surface area (Å²) in [6.07, 6.45) is 2.94. The molecule has 1 aromatic heterocycles. The highest BCUT2D eigenvalue weighted by Crippen LogP contribution is 2.35. The van der Waals surface area contributed by atoms with Crippen molar-refractivity contribution < 1.29 is 10.0 Å². The molecule has 0 saturated carbocycles. The summed E-state index contributed by atoms with van der Waals surface area (Å²) in [4.78, 5) is 14.5. The summed E-state index contributed by atoms with van der Waals surface area (Å²) in [7, 11) is 0. The van der Waals surface area contributed by atoms with Crippen molar-refractivity contribution in [3.05, 3.63) is 45.3 Å². The van der Waals surface area contributed by atoms with Crippen LogP contribution in [0, 0.1) is 17.0 Å². The molecule has 0 amide bonds. The Balaban J connectivity index is 2.55. The largest absolute Gasteiger partial charge is 0.502 e. The minimum absolute atomic E-state index is 0.194. The fourth-order valence-electron chi connectivity index (χ4n) is 2.03. The summed E-state index contributed by atoms with van der Waals surface area (Å²) in [6, 6.07) is 3.05. The van der Waals surface area contributed by atoms with E-state index in [2.05, 4.69) is 10.1 Å². The minimum Gasteiger partial charge on any atom is -0.502 e. The lowest BCUT2D eigenvalue weighted by molar-refractivity contribution is -0.386. The van der Waals surface area contributed by atoms with E-state index in [0.717, 1.165) is 5.56 Å². The number of phenols is 1. The third kappa shape index (κ3) is 3.47. The molecular formula is C15H19N5O3. The highest BCUT2D eigenvalue weighted by atomic mass is 16.6. The zero-order valence-electron chi connectivity index (χ0n) is 13.4. The van der Waals surface area contributed by atoms with E-state index in [9.17, 15) is 15.2 Å². The molecule has 0 aliphatic rings. The number of aryl methyl sites for hydroxylation is 1. The molecule has 2 aromatic rings. The first-order chi connectivity index (χ1) is 10.6. The van der Waals surface area contributed by atoms with Gasteiger partial charge in [-0.05, 0) is 24.0 Å². The summed E-state index contributed by atoms with van der Waals surface area (Å²) in [5.41, 5.74) is 6.68. The molecule has 0 aliphatic heterocycles. The van der Waals surface area contributed by atoms with Crippen LogP contribution in [-0.4, -0.2) is 25.9 Å². The zero-order chi connectivity index (χ0) is 17.4. The summed E-state index contributed by atoms with van der Waals surface area (Å²) in [6.45, 7) is 7.56. The molecular weight excluding hydrogens is 298 g/mol. The first-order valence-corrected chi connectivity index (χ1v) is 6.97. The topological polar surface area (TPSA) is 120 Å². The van der Waals surface area contributed by atoms with E-state index in [-0.39, 0.29) is 22.6 Å². The molecule has 0 atom stereocenters. The summed E-state index contributed by atoms with van der Waals surface area (Å²) in [5.74, 6) is -0.234. The van der Waals surface area contributed by atoms with Gasteiger partial charge in [-0.1, -0.05) is 20.8 Å². The number of hydrogen-bond donors (Lipinski definition) is 2. The van der Waals surface area contributed by atoms with Crippen LogP contribution in [0.2, 0.25) is 0 Å². The maximum atomic E-state index is 11.2. The van der Waals surface area contributed by atoms with E-state index < -0.39 is 10.7 Å². The average molecular weight is 317 g/mol. The van der Waals surface area contributed by atoms with Crippen LogP contribution in [0.4, 0.5) is 11.6 Å². The van der Waals surface area contributed by atoms with Crippen LogP contribution in [0.15, 0.2) is 23.4 Å². The van der Waals surface area contributed by atoms with E-state index in [0.29, 0.717) is 5.69 Å². The van der Waals surface area contributed by atoms with Crippen LogP contribution in [-0.2, 0) is 5.41 Å². The van der Waals surface area contributed by atoms with Gasteiger partial charge in [0.15, 0.2) is 0 Å². The highest BCUT2D eigenvalue weighted by molar-refractivity contribution is 5.86. The number of phenolic OH excluding ortho intramolecular Hbond substituents is 1. The Labute approximate surface area is 133 Å². The average Bonchev–Trinajstić information content (AvgIpc) is 2.74.